The summed E-state index contributed by atoms with van der Waals surface area (Å²) >= 11 is 3.44. The molecule has 30 heavy (non-hydrogen) atoms. The van der Waals surface area contributed by atoms with E-state index in [2.05, 4.69) is 88.6 Å². The zero-order valence-electron chi connectivity index (χ0n) is 17.2. The second-order valence-corrected chi connectivity index (χ2v) is 9.54. The Hall–Kier alpha value is -2.44. The molecule has 2 unspecified atom stereocenters. The van der Waals surface area contributed by atoms with Gasteiger partial charge in [0.25, 0.3) is 0 Å². The Kier molecular flexibility index (Phi) is 5.44. The molecule has 1 aliphatic carbocycles. The average molecular weight is 433 g/mol. The minimum Gasteiger partial charge on any atom is -0.306 e. The maximum atomic E-state index is 4.83. The fourth-order valence-corrected chi connectivity index (χ4v) is 5.70. The van der Waals surface area contributed by atoms with Crippen LogP contribution >= 0.6 is 23.1 Å². The molecule has 2 heterocycles. The van der Waals surface area contributed by atoms with Gasteiger partial charge in [0.1, 0.15) is 10.8 Å². The molecule has 4 aromatic rings. The van der Waals surface area contributed by atoms with E-state index in [0.717, 1.165) is 34.0 Å². The number of hydrogen-bond donors (Lipinski definition) is 0. The van der Waals surface area contributed by atoms with Gasteiger partial charge in [-0.3, -0.25) is 0 Å². The van der Waals surface area contributed by atoms with Gasteiger partial charge in [0, 0.05) is 29.2 Å². The molecule has 0 spiro atoms. The molecule has 5 rings (SSSR count). The van der Waals surface area contributed by atoms with E-state index in [4.69, 9.17) is 4.98 Å². The van der Waals surface area contributed by atoms with Gasteiger partial charge in [-0.15, -0.1) is 21.5 Å². The number of aromatic nitrogens is 4. The van der Waals surface area contributed by atoms with Crippen molar-refractivity contribution >= 4 is 23.1 Å². The van der Waals surface area contributed by atoms with E-state index >= 15 is 0 Å². The van der Waals surface area contributed by atoms with Gasteiger partial charge in [-0.05, 0) is 31.7 Å². The Morgan fingerprint density at radius 1 is 1.03 bits per heavy atom. The maximum absolute atomic E-state index is 4.83. The number of aryl methyl sites for hydroxylation is 1. The van der Waals surface area contributed by atoms with E-state index in [9.17, 15) is 0 Å². The van der Waals surface area contributed by atoms with Crippen LogP contribution in [0.1, 0.15) is 47.8 Å². The summed E-state index contributed by atoms with van der Waals surface area (Å²) in [7, 11) is 0. The molecule has 2 aromatic heterocycles. The lowest BCUT2D eigenvalue weighted by atomic mass is 10.1. The first-order valence-corrected chi connectivity index (χ1v) is 12.2. The smallest absolute Gasteiger partial charge is 0.191 e. The molecule has 2 aromatic carbocycles. The van der Waals surface area contributed by atoms with Gasteiger partial charge >= 0.3 is 0 Å². The van der Waals surface area contributed by atoms with Crippen LogP contribution in [0.2, 0.25) is 0 Å². The number of thiazole rings is 1. The predicted octanol–water partition coefficient (Wildman–Crippen LogP) is 6.29. The second-order valence-electron chi connectivity index (χ2n) is 7.74. The van der Waals surface area contributed by atoms with Gasteiger partial charge in [0.05, 0.1) is 5.69 Å². The third kappa shape index (κ3) is 3.94. The molecule has 1 aliphatic rings. The van der Waals surface area contributed by atoms with Crippen LogP contribution < -0.4 is 0 Å². The molecule has 6 heteroatoms. The van der Waals surface area contributed by atoms with E-state index < -0.39 is 0 Å². The SMILES string of the molecule is CCn1c(SCc2csc(-c3ccc(C)cc3)n2)nnc1C1CC1c1ccccc1. The molecule has 1 fully saturated rings. The van der Waals surface area contributed by atoms with Crippen LogP contribution in [0.15, 0.2) is 65.1 Å². The first kappa shape index (κ1) is 19.5. The van der Waals surface area contributed by atoms with Crippen molar-refractivity contribution in [2.24, 2.45) is 0 Å². The summed E-state index contributed by atoms with van der Waals surface area (Å²) in [6.07, 6.45) is 1.17. The average Bonchev–Trinajstić information content (AvgIpc) is 3.24. The van der Waals surface area contributed by atoms with Gasteiger partial charge in [-0.2, -0.15) is 0 Å². The third-order valence-corrected chi connectivity index (χ3v) is 7.55. The van der Waals surface area contributed by atoms with Crippen LogP contribution in [-0.2, 0) is 12.3 Å². The zero-order chi connectivity index (χ0) is 20.5. The second kappa shape index (κ2) is 8.36. The number of hydrogen-bond acceptors (Lipinski definition) is 5. The van der Waals surface area contributed by atoms with E-state index in [1.165, 1.54) is 23.1 Å². The summed E-state index contributed by atoms with van der Waals surface area (Å²) < 4.78 is 2.28. The van der Waals surface area contributed by atoms with Crippen molar-refractivity contribution in [1.29, 1.82) is 0 Å². The van der Waals surface area contributed by atoms with Crippen molar-refractivity contribution in [3.8, 4) is 10.6 Å². The Balaban J connectivity index is 1.27. The first-order chi connectivity index (χ1) is 14.7. The molecule has 0 saturated heterocycles. The van der Waals surface area contributed by atoms with Crippen LogP contribution in [0.25, 0.3) is 10.6 Å². The van der Waals surface area contributed by atoms with Crippen molar-refractivity contribution in [3.63, 3.8) is 0 Å². The molecule has 152 valence electrons. The summed E-state index contributed by atoms with van der Waals surface area (Å²) in [5.41, 5.74) is 4.96. The highest BCUT2D eigenvalue weighted by Crippen LogP contribution is 2.54. The largest absolute Gasteiger partial charge is 0.306 e. The van der Waals surface area contributed by atoms with E-state index in [-0.39, 0.29) is 0 Å². The maximum Gasteiger partial charge on any atom is 0.191 e. The highest BCUT2D eigenvalue weighted by atomic mass is 32.2. The topological polar surface area (TPSA) is 43.6 Å². The molecule has 0 N–H and O–H groups in total. The number of thioether (sulfide) groups is 1. The van der Waals surface area contributed by atoms with Crippen LogP contribution in [0.3, 0.4) is 0 Å². The molecule has 0 amide bonds. The van der Waals surface area contributed by atoms with Crippen molar-refractivity contribution in [3.05, 3.63) is 82.6 Å². The van der Waals surface area contributed by atoms with E-state index in [1.54, 1.807) is 23.1 Å². The zero-order valence-corrected chi connectivity index (χ0v) is 18.8. The van der Waals surface area contributed by atoms with Crippen molar-refractivity contribution in [2.45, 2.75) is 49.6 Å². The normalized spacial score (nSPS) is 17.9. The third-order valence-electron chi connectivity index (χ3n) is 5.61. The molecule has 0 aliphatic heterocycles. The molecule has 0 radical (unpaired) electrons. The summed E-state index contributed by atoms with van der Waals surface area (Å²) in [6.45, 7) is 5.18. The van der Waals surface area contributed by atoms with Crippen molar-refractivity contribution in [2.75, 3.05) is 0 Å². The predicted molar refractivity (Wildman–Crippen MR) is 124 cm³/mol. The van der Waals surface area contributed by atoms with Crippen molar-refractivity contribution in [1.82, 2.24) is 19.7 Å². The molecule has 0 bridgehead atoms. The molecular weight excluding hydrogens is 408 g/mol. The Bertz CT molecular complexity index is 1130. The van der Waals surface area contributed by atoms with Gasteiger partial charge in [0.2, 0.25) is 0 Å². The van der Waals surface area contributed by atoms with Gasteiger partial charge in [-0.1, -0.05) is 71.9 Å². The van der Waals surface area contributed by atoms with Crippen LogP contribution in [0.5, 0.6) is 0 Å². The summed E-state index contributed by atoms with van der Waals surface area (Å²) in [4.78, 5) is 4.83. The Morgan fingerprint density at radius 2 is 1.83 bits per heavy atom. The molecule has 4 nitrogen and oxygen atoms in total. The fourth-order valence-electron chi connectivity index (χ4n) is 3.87. The number of rotatable bonds is 7. The molecular formula is C24H24N4S2. The van der Waals surface area contributed by atoms with E-state index in [0.29, 0.717) is 11.8 Å². The van der Waals surface area contributed by atoms with Gasteiger partial charge < -0.3 is 4.57 Å². The highest BCUT2D eigenvalue weighted by molar-refractivity contribution is 7.98. The van der Waals surface area contributed by atoms with Gasteiger partial charge in [-0.25, -0.2) is 4.98 Å². The van der Waals surface area contributed by atoms with Gasteiger partial charge in [0.15, 0.2) is 5.16 Å². The summed E-state index contributed by atoms with van der Waals surface area (Å²) in [5, 5.41) is 13.3. The molecule has 1 saturated carbocycles. The lowest BCUT2D eigenvalue weighted by Crippen LogP contribution is -2.03. The Morgan fingerprint density at radius 3 is 2.60 bits per heavy atom. The summed E-state index contributed by atoms with van der Waals surface area (Å²) in [5.74, 6) is 3.01. The minimum atomic E-state index is 0.488. The van der Waals surface area contributed by atoms with Crippen LogP contribution in [0, 0.1) is 6.92 Å². The number of benzene rings is 2. The molecule has 2 atom stereocenters. The quantitative estimate of drug-likeness (QED) is 0.322. The van der Waals surface area contributed by atoms with Crippen molar-refractivity contribution < 1.29 is 0 Å². The summed E-state index contributed by atoms with van der Waals surface area (Å²) in [6, 6.07) is 19.3. The highest BCUT2D eigenvalue weighted by Gasteiger charge is 2.43. The van der Waals surface area contributed by atoms with Crippen LogP contribution in [0.4, 0.5) is 0 Å². The minimum absolute atomic E-state index is 0.488. The first-order valence-electron chi connectivity index (χ1n) is 10.3. The fraction of sp³-hybridized carbons (Fsp3) is 0.292. The standard InChI is InChI=1S/C24H24N4S2/c1-3-28-22(21-13-20(21)17-7-5-4-6-8-17)26-27-24(28)30-15-19-14-29-23(25-19)18-11-9-16(2)10-12-18/h4-12,14,20-21H,3,13,15H2,1-2H3. The van der Waals surface area contributed by atoms with E-state index in [1.807, 2.05) is 0 Å². The lowest BCUT2D eigenvalue weighted by Gasteiger charge is -2.07. The lowest BCUT2D eigenvalue weighted by molar-refractivity contribution is 0.640. The Labute approximate surface area is 185 Å². The van der Waals surface area contributed by atoms with Crippen LogP contribution in [-0.4, -0.2) is 19.7 Å². The number of nitrogens with zero attached hydrogens (tertiary/aromatic N) is 4. The monoisotopic (exact) mass is 432 g/mol.